The molecule has 0 aromatic heterocycles. The molecule has 5 nitrogen and oxygen atoms in total. The molecule has 5 heteroatoms. The van der Waals surface area contributed by atoms with E-state index in [1.165, 1.54) is 14.0 Å². The van der Waals surface area contributed by atoms with E-state index in [-0.39, 0.29) is 24.1 Å². The number of rotatable bonds is 6. The number of hydrogen-bond donors (Lipinski definition) is 0. The molecule has 1 aliphatic heterocycles. The zero-order valence-electron chi connectivity index (χ0n) is 9.02. The van der Waals surface area contributed by atoms with E-state index in [1.807, 2.05) is 0 Å². The Labute approximate surface area is 88.7 Å². The first-order valence-electron chi connectivity index (χ1n) is 4.99. The van der Waals surface area contributed by atoms with Crippen LogP contribution in [0.5, 0.6) is 0 Å². The molecule has 15 heavy (non-hydrogen) atoms. The number of esters is 2. The molecule has 0 saturated carbocycles. The zero-order valence-corrected chi connectivity index (χ0v) is 9.02. The second-order valence-electron chi connectivity index (χ2n) is 3.48. The maximum atomic E-state index is 10.8. The first-order chi connectivity index (χ1) is 7.13. The molecule has 86 valence electrons. The van der Waals surface area contributed by atoms with Crippen molar-refractivity contribution in [1.29, 1.82) is 0 Å². The molecule has 0 N–H and O–H groups in total. The Morgan fingerprint density at radius 3 is 2.67 bits per heavy atom. The second-order valence-corrected chi connectivity index (χ2v) is 3.48. The summed E-state index contributed by atoms with van der Waals surface area (Å²) in [6.45, 7) is 1.69. The maximum absolute atomic E-state index is 10.8. The van der Waals surface area contributed by atoms with Crippen LogP contribution in [0.3, 0.4) is 0 Å². The van der Waals surface area contributed by atoms with E-state index in [0.29, 0.717) is 13.0 Å². The molecule has 2 atom stereocenters. The first-order valence-corrected chi connectivity index (χ1v) is 4.99. The van der Waals surface area contributed by atoms with Crippen LogP contribution >= 0.6 is 0 Å². The van der Waals surface area contributed by atoms with Gasteiger partial charge in [-0.3, -0.25) is 9.59 Å². The summed E-state index contributed by atoms with van der Waals surface area (Å²) in [7, 11) is 1.37. The zero-order chi connectivity index (χ0) is 11.3. The van der Waals surface area contributed by atoms with Crippen molar-refractivity contribution < 1.29 is 23.8 Å². The highest BCUT2D eigenvalue weighted by Crippen LogP contribution is 2.27. The third-order valence-electron chi connectivity index (χ3n) is 2.24. The van der Waals surface area contributed by atoms with E-state index in [4.69, 9.17) is 9.47 Å². The van der Waals surface area contributed by atoms with Crippen LogP contribution in [0.2, 0.25) is 0 Å². The van der Waals surface area contributed by atoms with Crippen molar-refractivity contribution in [2.45, 2.75) is 38.4 Å². The van der Waals surface area contributed by atoms with Gasteiger partial charge in [-0.15, -0.1) is 0 Å². The highest BCUT2D eigenvalue weighted by atomic mass is 16.6. The van der Waals surface area contributed by atoms with Crippen molar-refractivity contribution in [3.63, 3.8) is 0 Å². The largest absolute Gasteiger partial charge is 0.469 e. The molecule has 0 unspecified atom stereocenters. The van der Waals surface area contributed by atoms with Gasteiger partial charge in [0.2, 0.25) is 0 Å². The quantitative estimate of drug-likeness (QED) is 0.482. The number of hydrogen-bond acceptors (Lipinski definition) is 5. The Morgan fingerprint density at radius 2 is 2.07 bits per heavy atom. The summed E-state index contributed by atoms with van der Waals surface area (Å²) in [6.07, 6.45) is 2.12. The second kappa shape index (κ2) is 5.70. The number of methoxy groups -OCH3 is 1. The van der Waals surface area contributed by atoms with Gasteiger partial charge in [0.1, 0.15) is 12.7 Å². The summed E-state index contributed by atoms with van der Waals surface area (Å²) < 4.78 is 14.6. The van der Waals surface area contributed by atoms with Crippen molar-refractivity contribution in [3.05, 3.63) is 0 Å². The van der Waals surface area contributed by atoms with Crippen LogP contribution in [0.15, 0.2) is 0 Å². The third kappa shape index (κ3) is 4.78. The average Bonchev–Trinajstić information content (AvgIpc) is 2.93. The first kappa shape index (κ1) is 12.0. The molecule has 0 aliphatic carbocycles. The standard InChI is InChI=1S/C10H16O5/c1-7(11)14-6-9-8(15-9)4-3-5-10(12)13-2/h8-9H,3-6H2,1-2H3/t8-,9+/m0/s1. The fourth-order valence-electron chi connectivity index (χ4n) is 1.33. The summed E-state index contributed by atoms with van der Waals surface area (Å²) >= 11 is 0. The van der Waals surface area contributed by atoms with Gasteiger partial charge in [-0.2, -0.15) is 0 Å². The van der Waals surface area contributed by atoms with Crippen molar-refractivity contribution >= 4 is 11.9 Å². The van der Waals surface area contributed by atoms with Crippen molar-refractivity contribution in [2.24, 2.45) is 0 Å². The van der Waals surface area contributed by atoms with Crippen LogP contribution in [0.1, 0.15) is 26.2 Å². The lowest BCUT2D eigenvalue weighted by Gasteiger charge is -1.98. The molecule has 0 radical (unpaired) electrons. The van der Waals surface area contributed by atoms with Gasteiger partial charge in [0.05, 0.1) is 13.2 Å². The van der Waals surface area contributed by atoms with Crippen LogP contribution in [0.25, 0.3) is 0 Å². The third-order valence-corrected chi connectivity index (χ3v) is 2.24. The number of carbonyl (C=O) groups excluding carboxylic acids is 2. The molecule has 1 rings (SSSR count). The highest BCUT2D eigenvalue weighted by molar-refractivity contribution is 5.69. The van der Waals surface area contributed by atoms with Gasteiger partial charge in [0, 0.05) is 13.3 Å². The molecular formula is C10H16O5. The van der Waals surface area contributed by atoms with Crippen molar-refractivity contribution in [2.75, 3.05) is 13.7 Å². The molecule has 0 spiro atoms. The Bertz CT molecular complexity index is 238. The lowest BCUT2D eigenvalue weighted by Crippen LogP contribution is -2.08. The van der Waals surface area contributed by atoms with Crippen LogP contribution < -0.4 is 0 Å². The Morgan fingerprint density at radius 1 is 1.33 bits per heavy atom. The number of ether oxygens (including phenoxy) is 3. The highest BCUT2D eigenvalue weighted by Gasteiger charge is 2.38. The monoisotopic (exact) mass is 216 g/mol. The minimum Gasteiger partial charge on any atom is -0.469 e. The Balaban J connectivity index is 1.97. The molecule has 0 aromatic carbocycles. The summed E-state index contributed by atoms with van der Waals surface area (Å²) in [5.74, 6) is -0.494. The van der Waals surface area contributed by atoms with E-state index < -0.39 is 0 Å². The van der Waals surface area contributed by atoms with Crippen LogP contribution in [0.4, 0.5) is 0 Å². The summed E-state index contributed by atoms with van der Waals surface area (Å²) in [4.78, 5) is 21.3. The molecule has 1 aliphatic rings. The van der Waals surface area contributed by atoms with E-state index in [9.17, 15) is 9.59 Å². The van der Waals surface area contributed by atoms with E-state index in [1.54, 1.807) is 0 Å². The van der Waals surface area contributed by atoms with Crippen LogP contribution in [-0.4, -0.2) is 37.9 Å². The molecular weight excluding hydrogens is 200 g/mol. The topological polar surface area (TPSA) is 65.1 Å². The molecule has 1 heterocycles. The van der Waals surface area contributed by atoms with Gasteiger partial charge in [0.15, 0.2) is 0 Å². The van der Waals surface area contributed by atoms with E-state index in [0.717, 1.165) is 12.8 Å². The van der Waals surface area contributed by atoms with Gasteiger partial charge in [-0.1, -0.05) is 0 Å². The number of carbonyl (C=O) groups is 2. The van der Waals surface area contributed by atoms with Gasteiger partial charge in [0.25, 0.3) is 0 Å². The van der Waals surface area contributed by atoms with Gasteiger partial charge in [-0.25, -0.2) is 0 Å². The molecule has 0 amide bonds. The minimum atomic E-state index is -0.293. The normalized spacial score (nSPS) is 23.3. The van der Waals surface area contributed by atoms with E-state index >= 15 is 0 Å². The van der Waals surface area contributed by atoms with E-state index in [2.05, 4.69) is 4.74 Å². The maximum Gasteiger partial charge on any atom is 0.305 e. The summed E-state index contributed by atoms with van der Waals surface area (Å²) in [5.41, 5.74) is 0. The van der Waals surface area contributed by atoms with Crippen molar-refractivity contribution in [1.82, 2.24) is 0 Å². The number of epoxide rings is 1. The fraction of sp³-hybridized carbons (Fsp3) is 0.800. The van der Waals surface area contributed by atoms with Gasteiger partial charge < -0.3 is 14.2 Å². The molecule has 1 fully saturated rings. The smallest absolute Gasteiger partial charge is 0.305 e. The predicted octanol–water partition coefficient (Wildman–Crippen LogP) is 0.660. The lowest BCUT2D eigenvalue weighted by atomic mass is 10.1. The van der Waals surface area contributed by atoms with Crippen LogP contribution in [-0.2, 0) is 23.8 Å². The minimum absolute atomic E-state index is 0.0200. The van der Waals surface area contributed by atoms with Gasteiger partial charge in [-0.05, 0) is 12.8 Å². The fourth-order valence-corrected chi connectivity index (χ4v) is 1.33. The Kier molecular flexibility index (Phi) is 4.55. The average molecular weight is 216 g/mol. The van der Waals surface area contributed by atoms with Crippen molar-refractivity contribution in [3.8, 4) is 0 Å². The van der Waals surface area contributed by atoms with Crippen LogP contribution in [0, 0.1) is 0 Å². The summed E-state index contributed by atoms with van der Waals surface area (Å²) in [6, 6.07) is 0. The lowest BCUT2D eigenvalue weighted by molar-refractivity contribution is -0.142. The van der Waals surface area contributed by atoms with Gasteiger partial charge >= 0.3 is 11.9 Å². The Hall–Kier alpha value is -1.10. The molecule has 0 aromatic rings. The summed E-state index contributed by atoms with van der Waals surface area (Å²) in [5, 5.41) is 0. The molecule has 0 bridgehead atoms. The molecule has 1 saturated heterocycles. The predicted molar refractivity (Wildman–Crippen MR) is 51.2 cm³/mol. The SMILES string of the molecule is COC(=O)CCC[C@@H]1O[C@@H]1COC(C)=O.